The van der Waals surface area contributed by atoms with E-state index in [9.17, 15) is 10.1 Å². The fourth-order valence-corrected chi connectivity index (χ4v) is 3.29. The largest absolute Gasteiger partial charge is 0.378 e. The van der Waals surface area contributed by atoms with Crippen LogP contribution >= 0.6 is 0 Å². The molecule has 0 bridgehead atoms. The van der Waals surface area contributed by atoms with Crippen molar-refractivity contribution < 1.29 is 9.66 Å². The van der Waals surface area contributed by atoms with Gasteiger partial charge in [0.05, 0.1) is 11.0 Å². The predicted octanol–water partition coefficient (Wildman–Crippen LogP) is 2.30. The summed E-state index contributed by atoms with van der Waals surface area (Å²) < 4.78 is 5.53. The first-order chi connectivity index (χ1) is 11.6. The van der Waals surface area contributed by atoms with Crippen LogP contribution in [-0.2, 0) is 4.74 Å². The molecule has 1 aromatic heterocycles. The van der Waals surface area contributed by atoms with E-state index in [0.717, 1.165) is 32.3 Å². The summed E-state index contributed by atoms with van der Waals surface area (Å²) in [6.07, 6.45) is 7.70. The smallest absolute Gasteiger partial charge is 0.353 e. The zero-order valence-electron chi connectivity index (χ0n) is 13.7. The summed E-state index contributed by atoms with van der Waals surface area (Å²) in [5, 5.41) is 17.6. The Morgan fingerprint density at radius 2 is 2.00 bits per heavy atom. The molecule has 1 saturated heterocycles. The number of nitrogens with one attached hydrogen (secondary N) is 2. The number of anilines is 3. The molecule has 2 heterocycles. The summed E-state index contributed by atoms with van der Waals surface area (Å²) in [6.45, 7) is 1.20. The Labute approximate surface area is 140 Å². The maximum absolute atomic E-state index is 11.3. The quantitative estimate of drug-likeness (QED) is 0.533. The number of ether oxygens (including phenoxy) is 1. The lowest BCUT2D eigenvalue weighted by molar-refractivity contribution is -0.383. The zero-order valence-corrected chi connectivity index (χ0v) is 13.7. The minimum absolute atomic E-state index is 0.0514. The SMILES string of the molecule is Nc1nc(NC2CCCCC2)nc(NCC2CCCO2)c1[N+](=O)[O-]. The molecule has 1 atom stereocenters. The van der Waals surface area contributed by atoms with Crippen LogP contribution < -0.4 is 16.4 Å². The van der Waals surface area contributed by atoms with Gasteiger partial charge in [0, 0.05) is 19.2 Å². The summed E-state index contributed by atoms with van der Waals surface area (Å²) in [4.78, 5) is 19.1. The molecule has 1 unspecified atom stereocenters. The summed E-state index contributed by atoms with van der Waals surface area (Å²) in [5.74, 6) is 0.379. The molecule has 9 heteroatoms. The van der Waals surface area contributed by atoms with E-state index in [1.807, 2.05) is 0 Å². The molecule has 2 fully saturated rings. The van der Waals surface area contributed by atoms with E-state index >= 15 is 0 Å². The third-order valence-corrected chi connectivity index (χ3v) is 4.55. The Morgan fingerprint density at radius 1 is 1.21 bits per heavy atom. The molecular weight excluding hydrogens is 312 g/mol. The number of hydrogen-bond donors (Lipinski definition) is 3. The van der Waals surface area contributed by atoms with Crippen molar-refractivity contribution in [1.29, 1.82) is 0 Å². The number of aromatic nitrogens is 2. The van der Waals surface area contributed by atoms with E-state index in [2.05, 4.69) is 20.6 Å². The summed E-state index contributed by atoms with van der Waals surface area (Å²) in [6, 6.07) is 0.297. The van der Waals surface area contributed by atoms with E-state index in [1.165, 1.54) is 19.3 Å². The molecule has 1 aliphatic carbocycles. The topological polar surface area (TPSA) is 128 Å². The number of nitrogen functional groups attached to an aromatic ring is 1. The molecule has 1 aromatic rings. The van der Waals surface area contributed by atoms with Crippen molar-refractivity contribution in [3.8, 4) is 0 Å². The van der Waals surface area contributed by atoms with Crippen molar-refractivity contribution in [3.63, 3.8) is 0 Å². The van der Waals surface area contributed by atoms with Gasteiger partial charge in [0.15, 0.2) is 0 Å². The molecule has 0 spiro atoms. The van der Waals surface area contributed by atoms with Crippen molar-refractivity contribution in [3.05, 3.63) is 10.1 Å². The van der Waals surface area contributed by atoms with Crippen molar-refractivity contribution in [1.82, 2.24) is 9.97 Å². The van der Waals surface area contributed by atoms with Gasteiger partial charge in [-0.05, 0) is 25.7 Å². The summed E-state index contributed by atoms with van der Waals surface area (Å²) in [7, 11) is 0. The molecule has 3 rings (SSSR count). The Hall–Kier alpha value is -2.16. The Morgan fingerprint density at radius 3 is 2.67 bits per heavy atom. The van der Waals surface area contributed by atoms with Crippen molar-refractivity contribution in [2.75, 3.05) is 29.5 Å². The minimum atomic E-state index is -0.544. The highest BCUT2D eigenvalue weighted by Crippen LogP contribution is 2.30. The maximum atomic E-state index is 11.3. The highest BCUT2D eigenvalue weighted by molar-refractivity contribution is 5.70. The first-order valence-corrected chi connectivity index (χ1v) is 8.57. The number of nitrogens with two attached hydrogens (primary N) is 1. The van der Waals surface area contributed by atoms with Crippen LogP contribution in [0.25, 0.3) is 0 Å². The van der Waals surface area contributed by atoms with Crippen LogP contribution in [0.15, 0.2) is 0 Å². The van der Waals surface area contributed by atoms with E-state index < -0.39 is 4.92 Å². The summed E-state index contributed by atoms with van der Waals surface area (Å²) in [5.41, 5.74) is 5.53. The molecule has 2 aliphatic rings. The Bertz CT molecular complexity index is 585. The van der Waals surface area contributed by atoms with Gasteiger partial charge in [0.25, 0.3) is 0 Å². The number of nitrogens with zero attached hydrogens (tertiary/aromatic N) is 3. The standard InChI is InChI=1S/C15H24N6O3/c16-13-12(21(22)23)14(17-9-11-7-4-8-24-11)20-15(19-13)18-10-5-2-1-3-6-10/h10-11H,1-9H2,(H4,16,17,18,19,20). The predicted molar refractivity (Wildman–Crippen MR) is 91.1 cm³/mol. The van der Waals surface area contributed by atoms with Gasteiger partial charge >= 0.3 is 5.69 Å². The minimum Gasteiger partial charge on any atom is -0.378 e. The normalized spacial score (nSPS) is 21.6. The first kappa shape index (κ1) is 16.7. The molecular formula is C15H24N6O3. The highest BCUT2D eigenvalue weighted by atomic mass is 16.6. The molecule has 132 valence electrons. The van der Waals surface area contributed by atoms with Crippen molar-refractivity contribution >= 4 is 23.3 Å². The van der Waals surface area contributed by atoms with Crippen LogP contribution in [-0.4, -0.2) is 40.2 Å². The molecule has 0 aromatic carbocycles. The van der Waals surface area contributed by atoms with Crippen LogP contribution in [0.5, 0.6) is 0 Å². The molecule has 9 nitrogen and oxygen atoms in total. The first-order valence-electron chi connectivity index (χ1n) is 8.57. The van der Waals surface area contributed by atoms with Gasteiger partial charge in [-0.1, -0.05) is 19.3 Å². The fraction of sp³-hybridized carbons (Fsp3) is 0.733. The highest BCUT2D eigenvalue weighted by Gasteiger charge is 2.25. The average Bonchev–Trinajstić information content (AvgIpc) is 3.06. The van der Waals surface area contributed by atoms with Gasteiger partial charge in [0.2, 0.25) is 17.6 Å². The zero-order chi connectivity index (χ0) is 16.9. The second kappa shape index (κ2) is 7.61. The lowest BCUT2D eigenvalue weighted by atomic mass is 9.96. The van der Waals surface area contributed by atoms with Crippen LogP contribution in [0.2, 0.25) is 0 Å². The van der Waals surface area contributed by atoms with Gasteiger partial charge in [-0.25, -0.2) is 0 Å². The van der Waals surface area contributed by atoms with Crippen LogP contribution in [0.4, 0.5) is 23.3 Å². The lowest BCUT2D eigenvalue weighted by Crippen LogP contribution is -2.25. The number of hydrogen-bond acceptors (Lipinski definition) is 8. The van der Waals surface area contributed by atoms with Crippen molar-refractivity contribution in [2.24, 2.45) is 0 Å². The third-order valence-electron chi connectivity index (χ3n) is 4.55. The second-order valence-electron chi connectivity index (χ2n) is 6.38. The van der Waals surface area contributed by atoms with Crippen LogP contribution in [0.1, 0.15) is 44.9 Å². The van der Waals surface area contributed by atoms with Crippen LogP contribution in [0.3, 0.4) is 0 Å². The molecule has 1 saturated carbocycles. The van der Waals surface area contributed by atoms with E-state index in [1.54, 1.807) is 0 Å². The molecule has 4 N–H and O–H groups in total. The van der Waals surface area contributed by atoms with Gasteiger partial charge in [-0.3, -0.25) is 10.1 Å². The number of rotatable bonds is 6. The van der Waals surface area contributed by atoms with E-state index in [-0.39, 0.29) is 23.4 Å². The fourth-order valence-electron chi connectivity index (χ4n) is 3.29. The average molecular weight is 336 g/mol. The third kappa shape index (κ3) is 4.02. The maximum Gasteiger partial charge on any atom is 0.353 e. The van der Waals surface area contributed by atoms with Crippen molar-refractivity contribution in [2.45, 2.75) is 57.1 Å². The number of nitro groups is 1. The summed E-state index contributed by atoms with van der Waals surface area (Å²) >= 11 is 0. The monoisotopic (exact) mass is 336 g/mol. The van der Waals surface area contributed by atoms with Crippen LogP contribution in [0, 0.1) is 10.1 Å². The van der Waals surface area contributed by atoms with Gasteiger partial charge in [-0.2, -0.15) is 9.97 Å². The lowest BCUT2D eigenvalue weighted by Gasteiger charge is -2.23. The molecule has 1 aliphatic heterocycles. The molecule has 0 amide bonds. The Kier molecular flexibility index (Phi) is 5.29. The van der Waals surface area contributed by atoms with Gasteiger partial charge in [0.1, 0.15) is 0 Å². The Balaban J connectivity index is 1.75. The van der Waals surface area contributed by atoms with Gasteiger partial charge in [-0.15, -0.1) is 0 Å². The van der Waals surface area contributed by atoms with Gasteiger partial charge < -0.3 is 21.1 Å². The second-order valence-corrected chi connectivity index (χ2v) is 6.38. The van der Waals surface area contributed by atoms with E-state index in [0.29, 0.717) is 18.5 Å². The molecule has 0 radical (unpaired) electrons. The molecule has 24 heavy (non-hydrogen) atoms. The van der Waals surface area contributed by atoms with E-state index in [4.69, 9.17) is 10.5 Å².